The van der Waals surface area contributed by atoms with Crippen LogP contribution >= 0.6 is 0 Å². The molecule has 2 aromatic rings. The summed E-state index contributed by atoms with van der Waals surface area (Å²) in [5.41, 5.74) is -2.17. The Morgan fingerprint density at radius 3 is 2.58 bits per heavy atom. The molecule has 0 fully saturated rings. The largest absolute Gasteiger partial charge is 0.465 e. The molecule has 2 rings (SSSR count). The first kappa shape index (κ1) is 17.4. The van der Waals surface area contributed by atoms with Crippen LogP contribution in [-0.2, 0) is 6.18 Å². The Bertz CT molecular complexity index is 778. The second-order valence-corrected chi connectivity index (χ2v) is 4.64. The average Bonchev–Trinajstić information content (AvgIpc) is 2.51. The van der Waals surface area contributed by atoms with Crippen LogP contribution in [0.25, 0.3) is 11.3 Å². The van der Waals surface area contributed by atoms with E-state index in [9.17, 15) is 22.4 Å². The van der Waals surface area contributed by atoms with Crippen LogP contribution < -0.4 is 4.90 Å². The first-order chi connectivity index (χ1) is 11.2. The molecule has 0 aromatic carbocycles. The highest BCUT2D eigenvalue weighted by molar-refractivity contribution is 5.87. The molecular formula is C15H11F4N3O2. The Kier molecular flexibility index (Phi) is 4.82. The Hall–Kier alpha value is -2.97. The summed E-state index contributed by atoms with van der Waals surface area (Å²) in [6.45, 7) is 2.97. The zero-order valence-corrected chi connectivity index (χ0v) is 12.1. The predicted molar refractivity (Wildman–Crippen MR) is 78.0 cm³/mol. The molecule has 0 saturated heterocycles. The third kappa shape index (κ3) is 3.67. The molecule has 2 aromatic heterocycles. The molecule has 126 valence electrons. The fourth-order valence-corrected chi connectivity index (χ4v) is 2.00. The van der Waals surface area contributed by atoms with Crippen molar-refractivity contribution in [2.24, 2.45) is 0 Å². The van der Waals surface area contributed by atoms with Crippen LogP contribution in [-0.4, -0.2) is 27.7 Å². The van der Waals surface area contributed by atoms with E-state index in [0.717, 1.165) is 30.6 Å². The van der Waals surface area contributed by atoms with E-state index in [4.69, 9.17) is 5.11 Å². The quantitative estimate of drug-likeness (QED) is 0.675. The summed E-state index contributed by atoms with van der Waals surface area (Å²) >= 11 is 0. The van der Waals surface area contributed by atoms with E-state index in [1.807, 2.05) is 0 Å². The molecule has 0 spiro atoms. The second-order valence-electron chi connectivity index (χ2n) is 4.64. The van der Waals surface area contributed by atoms with Crippen LogP contribution in [0.1, 0.15) is 5.69 Å². The second kappa shape index (κ2) is 6.65. The fraction of sp³-hybridized carbons (Fsp3) is 0.133. The average molecular weight is 341 g/mol. The summed E-state index contributed by atoms with van der Waals surface area (Å²) in [4.78, 5) is 18.7. The molecule has 0 aliphatic heterocycles. The monoisotopic (exact) mass is 341 g/mol. The maximum Gasteiger partial charge on any atom is 0.435 e. The van der Waals surface area contributed by atoms with Gasteiger partial charge in [-0.2, -0.15) is 13.2 Å². The zero-order valence-electron chi connectivity index (χ0n) is 12.1. The van der Waals surface area contributed by atoms with Gasteiger partial charge in [0.1, 0.15) is 5.82 Å². The smallest absolute Gasteiger partial charge is 0.435 e. The van der Waals surface area contributed by atoms with Crippen LogP contribution in [0.4, 0.5) is 28.0 Å². The number of halogens is 4. The van der Waals surface area contributed by atoms with Crippen molar-refractivity contribution in [1.82, 2.24) is 9.97 Å². The molecule has 9 heteroatoms. The first-order valence-electron chi connectivity index (χ1n) is 6.54. The summed E-state index contributed by atoms with van der Waals surface area (Å²) < 4.78 is 53.1. The number of rotatable bonds is 4. The molecular weight excluding hydrogens is 330 g/mol. The van der Waals surface area contributed by atoms with Crippen LogP contribution in [0.2, 0.25) is 0 Å². The van der Waals surface area contributed by atoms with Crippen molar-refractivity contribution in [3.63, 3.8) is 0 Å². The summed E-state index contributed by atoms with van der Waals surface area (Å²) in [6.07, 6.45) is -3.27. The number of alkyl halides is 3. The minimum atomic E-state index is -4.90. The molecule has 0 unspecified atom stereocenters. The normalized spacial score (nSPS) is 11.2. The molecule has 1 amide bonds. The first-order valence-corrected chi connectivity index (χ1v) is 6.54. The van der Waals surface area contributed by atoms with Gasteiger partial charge in [0.15, 0.2) is 5.69 Å². The van der Waals surface area contributed by atoms with Crippen molar-refractivity contribution >= 4 is 11.8 Å². The molecule has 0 saturated carbocycles. The van der Waals surface area contributed by atoms with Gasteiger partial charge in [-0.05, 0) is 18.2 Å². The fourth-order valence-electron chi connectivity index (χ4n) is 2.00. The van der Waals surface area contributed by atoms with Gasteiger partial charge in [0, 0.05) is 18.3 Å². The standard InChI is InChI=1S/C15H11F4N3O2/c1-2-5-22(14(23)24)12-4-3-11(21-13(12)15(17,18)19)9-6-10(16)8-20-7-9/h2-4,6-8H,1,5H2,(H,23,24). The van der Waals surface area contributed by atoms with Gasteiger partial charge in [0.05, 0.1) is 17.6 Å². The Morgan fingerprint density at radius 1 is 1.33 bits per heavy atom. The summed E-state index contributed by atoms with van der Waals surface area (Å²) in [7, 11) is 0. The molecule has 5 nitrogen and oxygen atoms in total. The van der Waals surface area contributed by atoms with E-state index in [-0.39, 0.29) is 17.8 Å². The molecule has 0 radical (unpaired) electrons. The van der Waals surface area contributed by atoms with E-state index in [0.29, 0.717) is 4.90 Å². The highest BCUT2D eigenvalue weighted by Gasteiger charge is 2.38. The van der Waals surface area contributed by atoms with Crippen LogP contribution in [0, 0.1) is 5.82 Å². The zero-order chi connectivity index (χ0) is 17.9. The third-order valence-corrected chi connectivity index (χ3v) is 2.98. The lowest BCUT2D eigenvalue weighted by molar-refractivity contribution is -0.140. The van der Waals surface area contributed by atoms with E-state index in [1.165, 1.54) is 6.07 Å². The van der Waals surface area contributed by atoms with Gasteiger partial charge in [0.2, 0.25) is 0 Å². The highest BCUT2D eigenvalue weighted by atomic mass is 19.4. The number of hydrogen-bond donors (Lipinski definition) is 1. The Labute approximate surface area is 133 Å². The van der Waals surface area contributed by atoms with E-state index in [1.54, 1.807) is 0 Å². The van der Waals surface area contributed by atoms with Gasteiger partial charge in [-0.25, -0.2) is 14.2 Å². The molecule has 24 heavy (non-hydrogen) atoms. The highest BCUT2D eigenvalue weighted by Crippen LogP contribution is 2.36. The van der Waals surface area contributed by atoms with E-state index in [2.05, 4.69) is 16.5 Å². The molecule has 0 bridgehead atoms. The van der Waals surface area contributed by atoms with Gasteiger partial charge in [-0.1, -0.05) is 6.08 Å². The summed E-state index contributed by atoms with van der Waals surface area (Å²) in [6, 6.07) is 3.11. The summed E-state index contributed by atoms with van der Waals surface area (Å²) in [5, 5.41) is 9.09. The van der Waals surface area contributed by atoms with Crippen molar-refractivity contribution in [1.29, 1.82) is 0 Å². The van der Waals surface area contributed by atoms with Crippen molar-refractivity contribution in [2.75, 3.05) is 11.4 Å². The van der Waals surface area contributed by atoms with Gasteiger partial charge in [0.25, 0.3) is 0 Å². The Balaban J connectivity index is 2.62. The number of hydrogen-bond acceptors (Lipinski definition) is 3. The van der Waals surface area contributed by atoms with Gasteiger partial charge >= 0.3 is 12.3 Å². The van der Waals surface area contributed by atoms with Crippen molar-refractivity contribution in [3.05, 3.63) is 54.8 Å². The SMILES string of the molecule is C=CCN(C(=O)O)c1ccc(-c2cncc(F)c2)nc1C(F)(F)F. The predicted octanol–water partition coefficient (Wildman–Crippen LogP) is 3.97. The van der Waals surface area contributed by atoms with Gasteiger partial charge in [-0.3, -0.25) is 9.88 Å². The molecule has 2 heterocycles. The van der Waals surface area contributed by atoms with E-state index < -0.39 is 29.5 Å². The number of nitrogens with zero attached hydrogens (tertiary/aromatic N) is 3. The lowest BCUT2D eigenvalue weighted by atomic mass is 10.1. The number of amides is 1. The number of pyridine rings is 2. The Morgan fingerprint density at radius 2 is 2.04 bits per heavy atom. The third-order valence-electron chi connectivity index (χ3n) is 2.98. The van der Waals surface area contributed by atoms with Crippen LogP contribution in [0.15, 0.2) is 43.2 Å². The lowest BCUT2D eigenvalue weighted by Crippen LogP contribution is -2.31. The van der Waals surface area contributed by atoms with Gasteiger partial charge in [-0.15, -0.1) is 6.58 Å². The van der Waals surface area contributed by atoms with Gasteiger partial charge < -0.3 is 5.11 Å². The number of carbonyl (C=O) groups is 1. The minimum absolute atomic E-state index is 0.0395. The maximum atomic E-state index is 13.3. The van der Waals surface area contributed by atoms with Crippen molar-refractivity contribution in [2.45, 2.75) is 6.18 Å². The van der Waals surface area contributed by atoms with Crippen molar-refractivity contribution in [3.8, 4) is 11.3 Å². The minimum Gasteiger partial charge on any atom is -0.465 e. The molecule has 0 atom stereocenters. The number of carboxylic acid groups (broad SMARTS) is 1. The van der Waals surface area contributed by atoms with Crippen LogP contribution in [0.3, 0.4) is 0 Å². The molecule has 0 aliphatic rings. The molecule has 1 N–H and O–H groups in total. The number of aromatic nitrogens is 2. The van der Waals surface area contributed by atoms with E-state index >= 15 is 0 Å². The molecule has 0 aliphatic carbocycles. The van der Waals surface area contributed by atoms with Crippen molar-refractivity contribution < 1.29 is 27.5 Å². The summed E-state index contributed by atoms with van der Waals surface area (Å²) in [5.74, 6) is -0.731. The number of anilines is 1. The lowest BCUT2D eigenvalue weighted by Gasteiger charge is -2.21. The topological polar surface area (TPSA) is 66.3 Å². The maximum absolute atomic E-state index is 13.3. The van der Waals surface area contributed by atoms with Crippen LogP contribution in [0.5, 0.6) is 0 Å².